The lowest BCUT2D eigenvalue weighted by atomic mass is 9.82. The molecule has 0 aromatic heterocycles. The Hall–Kier alpha value is -1.57. The van der Waals surface area contributed by atoms with Gasteiger partial charge >= 0.3 is 0 Å². The number of nitro groups is 1. The molecule has 0 radical (unpaired) electrons. The van der Waals surface area contributed by atoms with Gasteiger partial charge in [0.1, 0.15) is 0 Å². The van der Waals surface area contributed by atoms with E-state index in [1.165, 1.54) is 0 Å². The molecule has 4 unspecified atom stereocenters. The van der Waals surface area contributed by atoms with E-state index >= 15 is 0 Å². The molecule has 2 saturated carbocycles. The zero-order valence-corrected chi connectivity index (χ0v) is 11.7. The number of fused-ring (bicyclic) bond motifs is 2. The molecule has 2 aliphatic carbocycles. The van der Waals surface area contributed by atoms with Gasteiger partial charge in [-0.2, -0.15) is 5.26 Å². The third kappa shape index (κ3) is 2.17. The van der Waals surface area contributed by atoms with E-state index in [9.17, 15) is 15.4 Å². The molecule has 1 heterocycles. The quantitative estimate of drug-likeness (QED) is 0.419. The van der Waals surface area contributed by atoms with Crippen LogP contribution in [0.1, 0.15) is 51.4 Å². The number of nitriles is 1. The van der Waals surface area contributed by atoms with Crippen molar-refractivity contribution in [2.24, 2.45) is 11.8 Å². The van der Waals surface area contributed by atoms with Crippen molar-refractivity contribution in [3.8, 4) is 6.19 Å². The Balaban J connectivity index is 2.02. The van der Waals surface area contributed by atoms with Crippen molar-refractivity contribution in [3.05, 3.63) is 21.9 Å². The van der Waals surface area contributed by atoms with Crippen LogP contribution in [0.4, 0.5) is 0 Å². The van der Waals surface area contributed by atoms with Crippen LogP contribution in [-0.4, -0.2) is 21.9 Å². The summed E-state index contributed by atoms with van der Waals surface area (Å²) in [6.07, 6.45) is 12.4. The zero-order valence-electron chi connectivity index (χ0n) is 11.7. The first-order valence-corrected chi connectivity index (χ1v) is 7.76. The Bertz CT molecular complexity index is 468. The summed E-state index contributed by atoms with van der Waals surface area (Å²) in [6, 6.07) is 0.246. The fraction of sp³-hybridized carbons (Fsp3) is 0.800. The van der Waals surface area contributed by atoms with Crippen LogP contribution in [0.5, 0.6) is 0 Å². The SMILES string of the molecule is N#CN1C2CCCCC2C=C([N+](=O)[O-])C2CCCCC21. The van der Waals surface area contributed by atoms with Crippen LogP contribution in [0.15, 0.2) is 11.8 Å². The Kier molecular flexibility index (Phi) is 3.64. The highest BCUT2D eigenvalue weighted by Crippen LogP contribution is 2.42. The smallest absolute Gasteiger partial charge is 0.247 e. The second-order valence-electron chi connectivity index (χ2n) is 6.33. The van der Waals surface area contributed by atoms with Crippen molar-refractivity contribution in [2.45, 2.75) is 63.5 Å². The van der Waals surface area contributed by atoms with Crippen LogP contribution >= 0.6 is 0 Å². The molecule has 2 fully saturated rings. The summed E-state index contributed by atoms with van der Waals surface area (Å²) in [5.41, 5.74) is 0.393. The van der Waals surface area contributed by atoms with Crippen LogP contribution in [-0.2, 0) is 0 Å². The highest BCUT2D eigenvalue weighted by Gasteiger charge is 2.45. The molecule has 5 nitrogen and oxygen atoms in total. The second-order valence-corrected chi connectivity index (χ2v) is 6.33. The molecule has 3 rings (SSSR count). The number of rotatable bonds is 1. The van der Waals surface area contributed by atoms with E-state index in [-0.39, 0.29) is 28.8 Å². The lowest BCUT2D eigenvalue weighted by molar-refractivity contribution is -0.435. The number of nitrogens with zero attached hydrogens (tertiary/aromatic N) is 3. The van der Waals surface area contributed by atoms with Gasteiger partial charge in [0.2, 0.25) is 5.70 Å². The van der Waals surface area contributed by atoms with Crippen molar-refractivity contribution >= 4 is 0 Å². The fourth-order valence-corrected chi connectivity index (χ4v) is 4.40. The average Bonchev–Trinajstić information content (AvgIpc) is 2.61. The molecule has 3 aliphatic rings. The molecule has 0 bridgehead atoms. The molecule has 0 saturated heterocycles. The van der Waals surface area contributed by atoms with Crippen molar-refractivity contribution in [3.63, 3.8) is 0 Å². The van der Waals surface area contributed by atoms with E-state index in [1.807, 2.05) is 11.0 Å². The maximum absolute atomic E-state index is 11.5. The largest absolute Gasteiger partial charge is 0.303 e. The van der Waals surface area contributed by atoms with Crippen LogP contribution in [0.2, 0.25) is 0 Å². The van der Waals surface area contributed by atoms with E-state index in [4.69, 9.17) is 0 Å². The van der Waals surface area contributed by atoms with E-state index < -0.39 is 0 Å². The summed E-state index contributed by atoms with van der Waals surface area (Å²) in [5.74, 6) is 0.137. The van der Waals surface area contributed by atoms with Gasteiger partial charge in [-0.25, -0.2) is 0 Å². The molecule has 0 spiro atoms. The molecule has 0 N–H and O–H groups in total. The van der Waals surface area contributed by atoms with Crippen molar-refractivity contribution in [2.75, 3.05) is 0 Å². The Labute approximate surface area is 119 Å². The Morgan fingerprint density at radius 2 is 1.80 bits per heavy atom. The average molecular weight is 275 g/mol. The predicted molar refractivity (Wildman–Crippen MR) is 74.0 cm³/mol. The lowest BCUT2D eigenvalue weighted by Gasteiger charge is -2.41. The Morgan fingerprint density at radius 3 is 2.50 bits per heavy atom. The fourth-order valence-electron chi connectivity index (χ4n) is 4.40. The van der Waals surface area contributed by atoms with Gasteiger partial charge in [0.15, 0.2) is 6.19 Å². The van der Waals surface area contributed by atoms with Crippen LogP contribution < -0.4 is 0 Å². The summed E-state index contributed by atoms with van der Waals surface area (Å²) in [4.78, 5) is 13.2. The molecular weight excluding hydrogens is 254 g/mol. The van der Waals surface area contributed by atoms with Gasteiger partial charge in [-0.1, -0.05) is 25.7 Å². The molecule has 5 heteroatoms. The van der Waals surface area contributed by atoms with Crippen molar-refractivity contribution in [1.29, 1.82) is 5.26 Å². The predicted octanol–water partition coefficient (Wildman–Crippen LogP) is 3.06. The second kappa shape index (κ2) is 5.43. The first-order valence-electron chi connectivity index (χ1n) is 7.76. The summed E-state index contributed by atoms with van der Waals surface area (Å²) in [5, 5.41) is 21.1. The van der Waals surface area contributed by atoms with Gasteiger partial charge in [-0.3, -0.25) is 10.1 Å². The summed E-state index contributed by atoms with van der Waals surface area (Å²) in [6.45, 7) is 0. The molecule has 1 aliphatic heterocycles. The van der Waals surface area contributed by atoms with Gasteiger partial charge in [0.25, 0.3) is 0 Å². The first-order chi connectivity index (χ1) is 9.72. The van der Waals surface area contributed by atoms with Crippen molar-refractivity contribution in [1.82, 2.24) is 4.90 Å². The van der Waals surface area contributed by atoms with Crippen LogP contribution in [0.3, 0.4) is 0 Å². The van der Waals surface area contributed by atoms with E-state index in [2.05, 4.69) is 6.19 Å². The van der Waals surface area contributed by atoms with Crippen molar-refractivity contribution < 1.29 is 4.92 Å². The molecular formula is C15H21N3O2. The summed E-state index contributed by atoms with van der Waals surface area (Å²) < 4.78 is 0. The van der Waals surface area contributed by atoms with Gasteiger partial charge in [0, 0.05) is 12.0 Å². The molecule has 108 valence electrons. The minimum atomic E-state index is -0.185. The van der Waals surface area contributed by atoms with Gasteiger partial charge in [-0.15, -0.1) is 0 Å². The number of hydrogen-bond donors (Lipinski definition) is 0. The van der Waals surface area contributed by atoms with E-state index in [0.29, 0.717) is 5.70 Å². The molecule has 4 atom stereocenters. The zero-order chi connectivity index (χ0) is 14.1. The highest BCUT2D eigenvalue weighted by atomic mass is 16.6. The van der Waals surface area contributed by atoms with Gasteiger partial charge < -0.3 is 4.90 Å². The highest BCUT2D eigenvalue weighted by molar-refractivity contribution is 5.15. The maximum atomic E-state index is 11.5. The van der Waals surface area contributed by atoms with Gasteiger partial charge in [0.05, 0.1) is 16.9 Å². The summed E-state index contributed by atoms with van der Waals surface area (Å²) >= 11 is 0. The van der Waals surface area contributed by atoms with E-state index in [0.717, 1.165) is 51.4 Å². The molecule has 0 amide bonds. The molecule has 0 aromatic rings. The number of hydrogen-bond acceptors (Lipinski definition) is 4. The topological polar surface area (TPSA) is 70.2 Å². The molecule has 0 aromatic carbocycles. The normalized spacial score (nSPS) is 37.0. The Morgan fingerprint density at radius 1 is 1.15 bits per heavy atom. The minimum Gasteiger partial charge on any atom is -0.303 e. The third-order valence-corrected chi connectivity index (χ3v) is 5.32. The lowest BCUT2D eigenvalue weighted by Crippen LogP contribution is -2.47. The van der Waals surface area contributed by atoms with Crippen LogP contribution in [0.25, 0.3) is 0 Å². The monoisotopic (exact) mass is 275 g/mol. The molecule has 20 heavy (non-hydrogen) atoms. The third-order valence-electron chi connectivity index (χ3n) is 5.32. The standard InChI is InChI=1S/C15H21N3O2/c16-10-17-13-7-3-1-5-11(13)9-15(18(19)20)12-6-2-4-8-14(12)17/h9,11-14H,1-8H2. The minimum absolute atomic E-state index is 0.0519. The summed E-state index contributed by atoms with van der Waals surface area (Å²) in [7, 11) is 0. The first kappa shape index (κ1) is 13.4. The van der Waals surface area contributed by atoms with Crippen LogP contribution in [0, 0.1) is 33.4 Å². The maximum Gasteiger partial charge on any atom is 0.247 e. The van der Waals surface area contributed by atoms with Gasteiger partial charge in [-0.05, 0) is 31.8 Å². The van der Waals surface area contributed by atoms with E-state index in [1.54, 1.807) is 0 Å².